The van der Waals surface area contributed by atoms with Gasteiger partial charge in [-0.05, 0) is 62.4 Å². The van der Waals surface area contributed by atoms with Crippen molar-refractivity contribution in [1.29, 1.82) is 0 Å². The number of amides is 2. The first-order valence-electron chi connectivity index (χ1n) is 10.5. The molecule has 2 unspecified atom stereocenters. The number of carbonyl (C=O) groups is 2. The van der Waals surface area contributed by atoms with Crippen LogP contribution in [0.1, 0.15) is 55.6 Å². The molecule has 1 aromatic carbocycles. The number of hydrogen-bond acceptors (Lipinski definition) is 5. The minimum atomic E-state index is -0.877. The number of hydrogen-bond donors (Lipinski definition) is 1. The molecule has 0 saturated carbocycles. The minimum Gasteiger partial charge on any atom is -0.361 e. The highest BCUT2D eigenvalue weighted by Gasteiger charge is 2.34. The number of nitrogens with zero attached hydrogens (tertiary/aromatic N) is 3. The maximum atomic E-state index is 12.4. The molecule has 6 nitrogen and oxygen atoms in total. The minimum absolute atomic E-state index is 0.108. The lowest BCUT2D eigenvalue weighted by Crippen LogP contribution is -2.46. The third-order valence-electron chi connectivity index (χ3n) is 6.53. The predicted molar refractivity (Wildman–Crippen MR) is 116 cm³/mol. The van der Waals surface area contributed by atoms with E-state index in [0.29, 0.717) is 24.3 Å². The fourth-order valence-corrected chi connectivity index (χ4v) is 6.13. The van der Waals surface area contributed by atoms with Gasteiger partial charge in [0.1, 0.15) is 0 Å². The van der Waals surface area contributed by atoms with E-state index in [1.54, 1.807) is 16.2 Å². The van der Waals surface area contributed by atoms with Gasteiger partial charge in [-0.2, -0.15) is 0 Å². The van der Waals surface area contributed by atoms with Crippen LogP contribution in [-0.4, -0.2) is 53.3 Å². The average molecular weight is 415 g/mol. The molecule has 0 aliphatic carbocycles. The molecule has 2 aliphatic heterocycles. The zero-order valence-corrected chi connectivity index (χ0v) is 18.2. The number of benzene rings is 1. The molecule has 156 valence electrons. The van der Waals surface area contributed by atoms with Crippen LogP contribution in [0.3, 0.4) is 0 Å². The van der Waals surface area contributed by atoms with E-state index < -0.39 is 11.8 Å². The monoisotopic (exact) mass is 414 g/mol. The summed E-state index contributed by atoms with van der Waals surface area (Å²) in [6.45, 7) is 7.21. The molecule has 4 rings (SSSR count). The number of aromatic nitrogens is 1. The van der Waals surface area contributed by atoms with Crippen molar-refractivity contribution in [2.75, 3.05) is 26.7 Å². The quantitative estimate of drug-likeness (QED) is 0.766. The molecule has 29 heavy (non-hydrogen) atoms. The van der Waals surface area contributed by atoms with Gasteiger partial charge in [-0.15, -0.1) is 11.3 Å². The summed E-state index contributed by atoms with van der Waals surface area (Å²) in [6, 6.07) is 6.21. The Hall–Kier alpha value is -1.99. The Morgan fingerprint density at radius 3 is 2.69 bits per heavy atom. The number of piperidine rings is 2. The van der Waals surface area contributed by atoms with Crippen LogP contribution >= 0.6 is 11.3 Å². The van der Waals surface area contributed by atoms with E-state index in [9.17, 15) is 9.59 Å². The van der Waals surface area contributed by atoms with Crippen molar-refractivity contribution < 1.29 is 9.59 Å². The smallest absolute Gasteiger partial charge is 0.312 e. The van der Waals surface area contributed by atoms with E-state index in [1.165, 1.54) is 9.71 Å². The van der Waals surface area contributed by atoms with Crippen molar-refractivity contribution in [3.8, 4) is 0 Å². The Bertz CT molecular complexity index is 927. The van der Waals surface area contributed by atoms with Crippen molar-refractivity contribution in [2.24, 2.45) is 17.6 Å². The second kappa shape index (κ2) is 8.03. The van der Waals surface area contributed by atoms with E-state index in [4.69, 9.17) is 10.7 Å². The van der Waals surface area contributed by atoms with Crippen LogP contribution in [0.25, 0.3) is 10.2 Å². The average Bonchev–Trinajstić information content (AvgIpc) is 3.10. The number of likely N-dealkylation sites (tertiary alicyclic amines) is 2. The van der Waals surface area contributed by atoms with Gasteiger partial charge in [0.2, 0.25) is 0 Å². The first kappa shape index (κ1) is 20.3. The van der Waals surface area contributed by atoms with Gasteiger partial charge >= 0.3 is 11.8 Å². The molecule has 1 aromatic heterocycles. The molecule has 0 bridgehead atoms. The van der Waals surface area contributed by atoms with E-state index in [2.05, 4.69) is 44.0 Å². The summed E-state index contributed by atoms with van der Waals surface area (Å²) in [5.74, 6) is 0.0148. The summed E-state index contributed by atoms with van der Waals surface area (Å²) in [5.41, 5.74) is 7.35. The Morgan fingerprint density at radius 1 is 1.17 bits per heavy atom. The normalized spacial score (nSPS) is 28.6. The zero-order valence-electron chi connectivity index (χ0n) is 17.4. The third-order valence-corrected chi connectivity index (χ3v) is 7.70. The first-order valence-corrected chi connectivity index (χ1v) is 11.3. The van der Waals surface area contributed by atoms with Crippen LogP contribution in [0.2, 0.25) is 0 Å². The Balaban J connectivity index is 1.63. The second-order valence-corrected chi connectivity index (χ2v) is 10.00. The van der Waals surface area contributed by atoms with Crippen molar-refractivity contribution in [2.45, 2.75) is 45.1 Å². The first-order chi connectivity index (χ1) is 13.8. The fraction of sp³-hybridized carbons (Fsp3) is 0.591. The van der Waals surface area contributed by atoms with E-state index in [0.717, 1.165) is 43.4 Å². The summed E-state index contributed by atoms with van der Waals surface area (Å²) in [7, 11) is 2.18. The van der Waals surface area contributed by atoms with Gasteiger partial charge < -0.3 is 15.5 Å². The van der Waals surface area contributed by atoms with Crippen LogP contribution in [0.4, 0.5) is 0 Å². The molecule has 2 saturated heterocycles. The standard InChI is InChI=1S/C22H30N4O2S/c1-13-4-6-18(26(11-13)22(28)20(23)27)15-5-7-19-17(10-15)24-21(29-19)16-8-9-25(3)12-14(16)2/h5,7,10,13-14,16,18H,4,6,8-9,11-12H2,1-3H3,(H2,23,27)/t13-,14?,16?,18+/m0/s1. The summed E-state index contributed by atoms with van der Waals surface area (Å²) in [4.78, 5) is 33.0. The van der Waals surface area contributed by atoms with Crippen molar-refractivity contribution >= 4 is 33.4 Å². The van der Waals surface area contributed by atoms with Gasteiger partial charge in [0.25, 0.3) is 0 Å². The van der Waals surface area contributed by atoms with Crippen LogP contribution in [0.5, 0.6) is 0 Å². The Kier molecular flexibility index (Phi) is 5.62. The number of nitrogens with two attached hydrogens (primary N) is 1. The van der Waals surface area contributed by atoms with E-state index in [1.807, 2.05) is 0 Å². The summed E-state index contributed by atoms with van der Waals surface area (Å²) >= 11 is 1.79. The highest BCUT2D eigenvalue weighted by Crippen LogP contribution is 2.39. The fourth-order valence-electron chi connectivity index (χ4n) is 4.91. The SMILES string of the molecule is CC1CN(C)CCC1c1nc2cc([C@H]3CC[C@H](C)CN3C(=O)C(N)=O)ccc2s1. The number of fused-ring (bicyclic) bond motifs is 1. The molecule has 2 N–H and O–H groups in total. The highest BCUT2D eigenvalue weighted by atomic mass is 32.1. The van der Waals surface area contributed by atoms with Crippen LogP contribution < -0.4 is 5.73 Å². The van der Waals surface area contributed by atoms with E-state index >= 15 is 0 Å². The number of primary amides is 1. The maximum Gasteiger partial charge on any atom is 0.312 e. The second-order valence-electron chi connectivity index (χ2n) is 8.93. The number of rotatable bonds is 2. The molecule has 7 heteroatoms. The topological polar surface area (TPSA) is 79.5 Å². The molecular weight excluding hydrogens is 384 g/mol. The lowest BCUT2D eigenvalue weighted by atomic mass is 9.87. The van der Waals surface area contributed by atoms with Gasteiger partial charge in [-0.25, -0.2) is 4.98 Å². The lowest BCUT2D eigenvalue weighted by Gasteiger charge is -2.38. The van der Waals surface area contributed by atoms with Crippen LogP contribution in [0.15, 0.2) is 18.2 Å². The van der Waals surface area contributed by atoms with Gasteiger partial charge in [-0.3, -0.25) is 9.59 Å². The van der Waals surface area contributed by atoms with Gasteiger partial charge in [0.05, 0.1) is 21.3 Å². The predicted octanol–water partition coefficient (Wildman–Crippen LogP) is 3.14. The van der Waals surface area contributed by atoms with Crippen molar-refractivity contribution in [3.63, 3.8) is 0 Å². The summed E-state index contributed by atoms with van der Waals surface area (Å²) < 4.78 is 1.19. The Labute approximate surface area is 176 Å². The van der Waals surface area contributed by atoms with Crippen molar-refractivity contribution in [3.05, 3.63) is 28.8 Å². The molecule has 2 amide bonds. The molecule has 0 radical (unpaired) electrons. The molecule has 2 fully saturated rings. The van der Waals surface area contributed by atoms with Gasteiger partial charge in [0.15, 0.2) is 0 Å². The number of carbonyl (C=O) groups excluding carboxylic acids is 2. The molecule has 3 heterocycles. The largest absolute Gasteiger partial charge is 0.361 e. The highest BCUT2D eigenvalue weighted by molar-refractivity contribution is 7.18. The van der Waals surface area contributed by atoms with E-state index in [-0.39, 0.29) is 6.04 Å². The van der Waals surface area contributed by atoms with Crippen molar-refractivity contribution in [1.82, 2.24) is 14.8 Å². The molecule has 2 aromatic rings. The third kappa shape index (κ3) is 4.03. The Morgan fingerprint density at radius 2 is 1.97 bits per heavy atom. The molecule has 4 atom stereocenters. The molecule has 0 spiro atoms. The molecule has 2 aliphatic rings. The van der Waals surface area contributed by atoms with Gasteiger partial charge in [0, 0.05) is 19.0 Å². The summed E-state index contributed by atoms with van der Waals surface area (Å²) in [6.07, 6.45) is 3.01. The van der Waals surface area contributed by atoms with Crippen LogP contribution in [0, 0.1) is 11.8 Å². The van der Waals surface area contributed by atoms with Crippen LogP contribution in [-0.2, 0) is 9.59 Å². The molecular formula is C22H30N4O2S. The van der Waals surface area contributed by atoms with Gasteiger partial charge in [-0.1, -0.05) is 19.9 Å². The zero-order chi connectivity index (χ0) is 20.7. The summed E-state index contributed by atoms with van der Waals surface area (Å²) in [5, 5.41) is 1.22. The number of thiazole rings is 1. The maximum absolute atomic E-state index is 12.4. The lowest BCUT2D eigenvalue weighted by molar-refractivity contribution is -0.147.